The summed E-state index contributed by atoms with van der Waals surface area (Å²) < 4.78 is 5.01. The molecule has 78 valence electrons. The fraction of sp³-hybridized carbons (Fsp3) is 0.556. The van der Waals surface area contributed by atoms with E-state index in [9.17, 15) is 14.7 Å². The molecule has 2 N–H and O–H groups in total. The Morgan fingerprint density at radius 2 is 2.14 bits per heavy atom. The standard InChI is InChI=1S/C9H12O5/c1-5-9(13)6(4-14-5)7(10)2-3-8(11)12/h5,13H,2-4H2,1H3,(H,11,12). The normalized spacial score (nSPS) is 21.4. The second kappa shape index (κ2) is 4.23. The van der Waals surface area contributed by atoms with Gasteiger partial charge in [0.2, 0.25) is 0 Å². The molecular formula is C9H12O5. The number of hydrogen-bond acceptors (Lipinski definition) is 4. The minimum atomic E-state index is -1.02. The summed E-state index contributed by atoms with van der Waals surface area (Å²) in [5.74, 6) is -1.44. The molecule has 0 radical (unpaired) electrons. The zero-order chi connectivity index (χ0) is 10.7. The maximum Gasteiger partial charge on any atom is 0.303 e. The van der Waals surface area contributed by atoms with Crippen LogP contribution >= 0.6 is 0 Å². The fourth-order valence-electron chi connectivity index (χ4n) is 1.20. The van der Waals surface area contributed by atoms with Gasteiger partial charge in [0, 0.05) is 6.42 Å². The first kappa shape index (κ1) is 10.7. The van der Waals surface area contributed by atoms with Crippen LogP contribution in [0.3, 0.4) is 0 Å². The Morgan fingerprint density at radius 3 is 2.57 bits per heavy atom. The molecule has 0 spiro atoms. The van der Waals surface area contributed by atoms with Gasteiger partial charge in [-0.25, -0.2) is 0 Å². The first-order valence-electron chi connectivity index (χ1n) is 4.31. The number of ketones is 1. The summed E-state index contributed by atoms with van der Waals surface area (Å²) in [7, 11) is 0. The van der Waals surface area contributed by atoms with E-state index in [0.717, 1.165) is 0 Å². The van der Waals surface area contributed by atoms with Crippen molar-refractivity contribution < 1.29 is 24.5 Å². The van der Waals surface area contributed by atoms with Crippen molar-refractivity contribution in [2.24, 2.45) is 0 Å². The fourth-order valence-corrected chi connectivity index (χ4v) is 1.20. The van der Waals surface area contributed by atoms with Crippen molar-refractivity contribution in [2.75, 3.05) is 6.61 Å². The molecule has 0 fully saturated rings. The summed E-state index contributed by atoms with van der Waals surface area (Å²) in [6.45, 7) is 1.71. The van der Waals surface area contributed by atoms with Gasteiger partial charge in [-0.15, -0.1) is 0 Å². The second-order valence-electron chi connectivity index (χ2n) is 3.13. The molecule has 1 aliphatic heterocycles. The van der Waals surface area contributed by atoms with Crippen molar-refractivity contribution in [3.8, 4) is 0 Å². The molecule has 0 aliphatic carbocycles. The van der Waals surface area contributed by atoms with Gasteiger partial charge in [0.25, 0.3) is 0 Å². The van der Waals surface area contributed by atoms with Gasteiger partial charge in [-0.05, 0) is 6.92 Å². The third-order valence-electron chi connectivity index (χ3n) is 2.07. The highest BCUT2D eigenvalue weighted by Gasteiger charge is 2.26. The molecule has 1 unspecified atom stereocenters. The summed E-state index contributed by atoms with van der Waals surface area (Å²) >= 11 is 0. The van der Waals surface area contributed by atoms with Crippen LogP contribution in [0.4, 0.5) is 0 Å². The number of carbonyl (C=O) groups excluding carboxylic acids is 1. The zero-order valence-corrected chi connectivity index (χ0v) is 7.82. The van der Waals surface area contributed by atoms with E-state index in [1.165, 1.54) is 0 Å². The minimum absolute atomic E-state index is 0.0691. The number of hydrogen-bond donors (Lipinski definition) is 2. The number of carboxylic acid groups (broad SMARTS) is 1. The van der Waals surface area contributed by atoms with Gasteiger partial charge in [0.1, 0.15) is 11.9 Å². The number of ether oxygens (including phenoxy) is 1. The average Bonchev–Trinajstić information content (AvgIpc) is 2.44. The molecule has 14 heavy (non-hydrogen) atoms. The lowest BCUT2D eigenvalue weighted by molar-refractivity contribution is -0.138. The molecule has 0 bridgehead atoms. The summed E-state index contributed by atoms with van der Waals surface area (Å²) in [4.78, 5) is 21.5. The van der Waals surface area contributed by atoms with Crippen LogP contribution in [0, 0.1) is 0 Å². The largest absolute Gasteiger partial charge is 0.509 e. The van der Waals surface area contributed by atoms with Crippen molar-refractivity contribution in [3.05, 3.63) is 11.3 Å². The predicted octanol–water partition coefficient (Wildman–Crippen LogP) is 0.651. The van der Waals surface area contributed by atoms with E-state index in [0.29, 0.717) is 0 Å². The topological polar surface area (TPSA) is 83.8 Å². The van der Waals surface area contributed by atoms with Gasteiger partial charge in [-0.3, -0.25) is 9.59 Å². The highest BCUT2D eigenvalue weighted by atomic mass is 16.5. The molecule has 5 heteroatoms. The quantitative estimate of drug-likeness (QED) is 0.696. The highest BCUT2D eigenvalue weighted by Crippen LogP contribution is 2.20. The van der Waals surface area contributed by atoms with Gasteiger partial charge >= 0.3 is 5.97 Å². The third-order valence-corrected chi connectivity index (χ3v) is 2.07. The lowest BCUT2D eigenvalue weighted by Gasteiger charge is -2.00. The molecule has 0 aromatic heterocycles. The number of carboxylic acids is 1. The number of aliphatic carboxylic acids is 1. The maximum atomic E-state index is 11.3. The lowest BCUT2D eigenvalue weighted by atomic mass is 10.1. The molecule has 1 rings (SSSR count). The minimum Gasteiger partial charge on any atom is -0.509 e. The third kappa shape index (κ3) is 2.32. The van der Waals surface area contributed by atoms with Crippen LogP contribution in [0.15, 0.2) is 11.3 Å². The van der Waals surface area contributed by atoms with Crippen molar-refractivity contribution in [1.82, 2.24) is 0 Å². The van der Waals surface area contributed by atoms with Crippen LogP contribution in [0.2, 0.25) is 0 Å². The SMILES string of the molecule is CC1OCC(C(=O)CCC(=O)O)=C1O. The molecule has 0 saturated heterocycles. The van der Waals surface area contributed by atoms with Gasteiger partial charge < -0.3 is 14.9 Å². The van der Waals surface area contributed by atoms with Crippen molar-refractivity contribution in [1.29, 1.82) is 0 Å². The number of Topliss-reactive ketones (excluding diaryl/α,β-unsaturated/α-hetero) is 1. The Bertz CT molecular complexity index is 292. The monoisotopic (exact) mass is 200 g/mol. The van der Waals surface area contributed by atoms with E-state index in [1.54, 1.807) is 6.92 Å². The summed E-state index contributed by atoms with van der Waals surface area (Å²) in [5, 5.41) is 17.7. The van der Waals surface area contributed by atoms with E-state index in [4.69, 9.17) is 9.84 Å². The molecule has 0 saturated carbocycles. The Balaban J connectivity index is 2.57. The Morgan fingerprint density at radius 1 is 1.50 bits per heavy atom. The molecular weight excluding hydrogens is 188 g/mol. The van der Waals surface area contributed by atoms with Crippen molar-refractivity contribution in [3.63, 3.8) is 0 Å². The molecule has 1 aliphatic rings. The molecule has 5 nitrogen and oxygen atoms in total. The smallest absolute Gasteiger partial charge is 0.303 e. The number of aliphatic hydroxyl groups is 1. The van der Waals surface area contributed by atoms with Crippen molar-refractivity contribution in [2.45, 2.75) is 25.9 Å². The number of rotatable bonds is 4. The summed E-state index contributed by atoms with van der Waals surface area (Å²) in [6.07, 6.45) is -0.770. The van der Waals surface area contributed by atoms with E-state index in [2.05, 4.69) is 0 Å². The number of aliphatic hydroxyl groups excluding tert-OH is 1. The number of carbonyl (C=O) groups is 2. The maximum absolute atomic E-state index is 11.3. The molecule has 1 heterocycles. The molecule has 1 atom stereocenters. The molecule has 0 aromatic carbocycles. The highest BCUT2D eigenvalue weighted by molar-refractivity contribution is 5.97. The summed E-state index contributed by atoms with van der Waals surface area (Å²) in [6, 6.07) is 0. The van der Waals surface area contributed by atoms with Crippen LogP contribution in [0.5, 0.6) is 0 Å². The van der Waals surface area contributed by atoms with E-state index in [1.807, 2.05) is 0 Å². The van der Waals surface area contributed by atoms with Crippen molar-refractivity contribution >= 4 is 11.8 Å². The van der Waals surface area contributed by atoms with Crippen LogP contribution in [-0.4, -0.2) is 34.7 Å². The van der Waals surface area contributed by atoms with Crippen LogP contribution in [0.1, 0.15) is 19.8 Å². The average molecular weight is 200 g/mol. The zero-order valence-electron chi connectivity index (χ0n) is 7.82. The van der Waals surface area contributed by atoms with Gasteiger partial charge in [0.05, 0.1) is 18.6 Å². The first-order chi connectivity index (χ1) is 6.52. The molecule has 0 aromatic rings. The predicted molar refractivity (Wildman–Crippen MR) is 46.9 cm³/mol. The van der Waals surface area contributed by atoms with Crippen LogP contribution < -0.4 is 0 Å². The Labute approximate surface area is 81.0 Å². The van der Waals surface area contributed by atoms with E-state index in [-0.39, 0.29) is 36.6 Å². The lowest BCUT2D eigenvalue weighted by Crippen LogP contribution is -2.08. The summed E-state index contributed by atoms with van der Waals surface area (Å²) in [5.41, 5.74) is 0.207. The van der Waals surface area contributed by atoms with E-state index >= 15 is 0 Å². The Kier molecular flexibility index (Phi) is 3.24. The van der Waals surface area contributed by atoms with E-state index < -0.39 is 12.1 Å². The van der Waals surface area contributed by atoms with Gasteiger partial charge in [-0.1, -0.05) is 0 Å². The first-order valence-corrected chi connectivity index (χ1v) is 4.31. The van der Waals surface area contributed by atoms with Crippen LogP contribution in [0.25, 0.3) is 0 Å². The van der Waals surface area contributed by atoms with Gasteiger partial charge in [0.15, 0.2) is 5.78 Å². The van der Waals surface area contributed by atoms with Gasteiger partial charge in [-0.2, -0.15) is 0 Å². The second-order valence-corrected chi connectivity index (χ2v) is 3.13. The van der Waals surface area contributed by atoms with Crippen LogP contribution in [-0.2, 0) is 14.3 Å². The molecule has 0 amide bonds. The Hall–Kier alpha value is -1.36.